The van der Waals surface area contributed by atoms with Gasteiger partial charge in [0, 0.05) is 0 Å². The lowest BCUT2D eigenvalue weighted by Gasteiger charge is -2.26. The summed E-state index contributed by atoms with van der Waals surface area (Å²) in [4.78, 5) is 10.9. The number of benzene rings is 1. The van der Waals surface area contributed by atoms with Crippen LogP contribution in [0.4, 0.5) is 17.6 Å². The Morgan fingerprint density at radius 2 is 1.79 bits per heavy atom. The number of carbonyl (C=O) groups excluding carboxylic acids is 1. The third-order valence-corrected chi connectivity index (χ3v) is 2.81. The minimum Gasteiger partial charge on any atom is -0.385 e. The molecule has 19 heavy (non-hydrogen) atoms. The fourth-order valence-corrected chi connectivity index (χ4v) is 1.74. The molecular weight excluding hydrogens is 266 g/mol. The van der Waals surface area contributed by atoms with E-state index >= 15 is 0 Å². The van der Waals surface area contributed by atoms with Crippen LogP contribution in [0.1, 0.15) is 30.9 Å². The summed E-state index contributed by atoms with van der Waals surface area (Å²) in [6.45, 7) is 1.46. The maximum absolute atomic E-state index is 13.2. The summed E-state index contributed by atoms with van der Waals surface area (Å²) < 4.78 is 50.9. The normalized spacial score (nSPS) is 15.1. The number of carbonyl (C=O) groups is 1. The molecule has 0 saturated heterocycles. The fraction of sp³-hybridized carbons (Fsp3) is 0.417. The van der Waals surface area contributed by atoms with Crippen molar-refractivity contribution in [2.24, 2.45) is 5.73 Å². The summed E-state index contributed by atoms with van der Waals surface area (Å²) in [5, 5.41) is 10.1. The maximum atomic E-state index is 13.2. The Kier molecular flexibility index (Phi) is 4.19. The van der Waals surface area contributed by atoms with Crippen LogP contribution >= 0.6 is 0 Å². The first kappa shape index (κ1) is 15.4. The highest BCUT2D eigenvalue weighted by molar-refractivity contribution is 5.75. The van der Waals surface area contributed by atoms with E-state index in [4.69, 9.17) is 5.73 Å². The van der Waals surface area contributed by atoms with Gasteiger partial charge in [-0.2, -0.15) is 13.2 Å². The second kappa shape index (κ2) is 5.16. The van der Waals surface area contributed by atoms with Crippen molar-refractivity contribution in [1.82, 2.24) is 0 Å². The molecule has 0 aliphatic rings. The highest BCUT2D eigenvalue weighted by atomic mass is 19.4. The van der Waals surface area contributed by atoms with E-state index in [1.54, 1.807) is 0 Å². The first-order chi connectivity index (χ1) is 8.58. The van der Waals surface area contributed by atoms with Crippen LogP contribution in [0.3, 0.4) is 0 Å². The lowest BCUT2D eigenvalue weighted by Crippen LogP contribution is -2.31. The van der Waals surface area contributed by atoms with Gasteiger partial charge >= 0.3 is 6.18 Å². The number of hydrogen-bond acceptors (Lipinski definition) is 2. The first-order valence-corrected chi connectivity index (χ1v) is 5.47. The number of rotatable bonds is 4. The Labute approximate surface area is 107 Å². The van der Waals surface area contributed by atoms with Crippen LogP contribution in [0, 0.1) is 5.82 Å². The van der Waals surface area contributed by atoms with Crippen LogP contribution in [-0.4, -0.2) is 11.0 Å². The molecule has 3 nitrogen and oxygen atoms in total. The topological polar surface area (TPSA) is 63.3 Å². The molecule has 3 N–H and O–H groups in total. The SMILES string of the molecule is CCC(O)(CC(N)=O)c1cc(F)cc(C(F)(F)F)c1. The second-order valence-electron chi connectivity index (χ2n) is 4.25. The van der Waals surface area contributed by atoms with Crippen molar-refractivity contribution in [3.8, 4) is 0 Å². The number of aliphatic hydroxyl groups is 1. The number of primary amides is 1. The molecule has 0 radical (unpaired) electrons. The monoisotopic (exact) mass is 279 g/mol. The average molecular weight is 279 g/mol. The molecule has 0 saturated carbocycles. The van der Waals surface area contributed by atoms with Crippen LogP contribution in [-0.2, 0) is 16.6 Å². The molecule has 0 heterocycles. The van der Waals surface area contributed by atoms with Gasteiger partial charge in [-0.15, -0.1) is 0 Å². The zero-order chi connectivity index (χ0) is 14.8. The summed E-state index contributed by atoms with van der Waals surface area (Å²) >= 11 is 0. The van der Waals surface area contributed by atoms with Crippen molar-refractivity contribution in [2.75, 3.05) is 0 Å². The van der Waals surface area contributed by atoms with Gasteiger partial charge in [0.25, 0.3) is 0 Å². The molecule has 1 rings (SSSR count). The smallest absolute Gasteiger partial charge is 0.385 e. The number of nitrogens with two attached hydrogens (primary N) is 1. The van der Waals surface area contributed by atoms with Gasteiger partial charge < -0.3 is 10.8 Å². The number of hydrogen-bond donors (Lipinski definition) is 2. The Balaban J connectivity index is 3.33. The molecular formula is C12H13F4NO2. The van der Waals surface area contributed by atoms with Crippen molar-refractivity contribution in [1.29, 1.82) is 0 Å². The van der Waals surface area contributed by atoms with Crippen molar-refractivity contribution in [3.05, 3.63) is 35.1 Å². The summed E-state index contributed by atoms with van der Waals surface area (Å²) in [6.07, 6.45) is -5.39. The molecule has 0 aliphatic carbocycles. The molecule has 0 spiro atoms. The molecule has 0 bridgehead atoms. The lowest BCUT2D eigenvalue weighted by molar-refractivity contribution is -0.138. The summed E-state index contributed by atoms with van der Waals surface area (Å²) in [5.41, 5.74) is 1.49. The second-order valence-corrected chi connectivity index (χ2v) is 4.25. The van der Waals surface area contributed by atoms with Gasteiger partial charge in [0.05, 0.1) is 17.6 Å². The maximum Gasteiger partial charge on any atom is 0.416 e. The van der Waals surface area contributed by atoms with Crippen LogP contribution < -0.4 is 5.73 Å². The number of amides is 1. The largest absolute Gasteiger partial charge is 0.416 e. The molecule has 0 aromatic heterocycles. The molecule has 106 valence electrons. The predicted octanol–water partition coefficient (Wildman–Crippen LogP) is 2.32. The molecule has 0 fully saturated rings. The molecule has 1 atom stereocenters. The van der Waals surface area contributed by atoms with E-state index in [1.807, 2.05) is 0 Å². The van der Waals surface area contributed by atoms with E-state index < -0.39 is 35.5 Å². The third kappa shape index (κ3) is 3.66. The fourth-order valence-electron chi connectivity index (χ4n) is 1.74. The minimum atomic E-state index is -4.74. The Morgan fingerprint density at radius 3 is 2.21 bits per heavy atom. The van der Waals surface area contributed by atoms with Crippen molar-refractivity contribution >= 4 is 5.91 Å². The van der Waals surface area contributed by atoms with E-state index in [2.05, 4.69) is 0 Å². The zero-order valence-electron chi connectivity index (χ0n) is 10.1. The third-order valence-electron chi connectivity index (χ3n) is 2.81. The Bertz CT molecular complexity index is 487. The molecule has 1 amide bonds. The Hall–Kier alpha value is -1.63. The van der Waals surface area contributed by atoms with E-state index in [1.165, 1.54) is 6.92 Å². The van der Waals surface area contributed by atoms with Gasteiger partial charge in [0.15, 0.2) is 0 Å². The van der Waals surface area contributed by atoms with Gasteiger partial charge in [0.2, 0.25) is 5.91 Å². The van der Waals surface area contributed by atoms with Crippen molar-refractivity contribution in [3.63, 3.8) is 0 Å². The van der Waals surface area contributed by atoms with Gasteiger partial charge in [-0.05, 0) is 30.2 Å². The summed E-state index contributed by atoms with van der Waals surface area (Å²) in [6, 6.07) is 1.71. The summed E-state index contributed by atoms with van der Waals surface area (Å²) in [5.74, 6) is -2.02. The quantitative estimate of drug-likeness (QED) is 0.831. The van der Waals surface area contributed by atoms with E-state index in [-0.39, 0.29) is 12.0 Å². The predicted molar refractivity (Wildman–Crippen MR) is 59.4 cm³/mol. The van der Waals surface area contributed by atoms with E-state index in [0.29, 0.717) is 12.1 Å². The van der Waals surface area contributed by atoms with Gasteiger partial charge in [-0.25, -0.2) is 4.39 Å². The van der Waals surface area contributed by atoms with Crippen LogP contribution in [0.15, 0.2) is 18.2 Å². The molecule has 1 aromatic rings. The molecule has 1 unspecified atom stereocenters. The number of alkyl halides is 3. The van der Waals surface area contributed by atoms with Crippen LogP contribution in [0.25, 0.3) is 0 Å². The highest BCUT2D eigenvalue weighted by Crippen LogP contribution is 2.35. The highest BCUT2D eigenvalue weighted by Gasteiger charge is 2.35. The molecule has 0 aliphatic heterocycles. The van der Waals surface area contributed by atoms with Crippen LogP contribution in [0.2, 0.25) is 0 Å². The van der Waals surface area contributed by atoms with Crippen molar-refractivity contribution < 1.29 is 27.5 Å². The van der Waals surface area contributed by atoms with Gasteiger partial charge in [-0.3, -0.25) is 4.79 Å². The molecule has 1 aromatic carbocycles. The lowest BCUT2D eigenvalue weighted by atomic mass is 9.86. The molecule has 7 heteroatoms. The van der Waals surface area contributed by atoms with Gasteiger partial charge in [-0.1, -0.05) is 6.92 Å². The average Bonchev–Trinajstić information content (AvgIpc) is 2.26. The van der Waals surface area contributed by atoms with E-state index in [9.17, 15) is 27.5 Å². The zero-order valence-corrected chi connectivity index (χ0v) is 10.1. The Morgan fingerprint density at radius 1 is 1.26 bits per heavy atom. The van der Waals surface area contributed by atoms with E-state index in [0.717, 1.165) is 6.07 Å². The summed E-state index contributed by atoms with van der Waals surface area (Å²) in [7, 11) is 0. The minimum absolute atomic E-state index is 0.0727. The van der Waals surface area contributed by atoms with Gasteiger partial charge in [0.1, 0.15) is 5.82 Å². The number of halogens is 4. The first-order valence-electron chi connectivity index (χ1n) is 5.47. The standard InChI is InChI=1S/C12H13F4NO2/c1-2-11(19,6-10(17)18)7-3-8(12(14,15)16)5-9(13)4-7/h3-5,19H,2,6H2,1H3,(H2,17,18). The van der Waals surface area contributed by atoms with Crippen LogP contribution in [0.5, 0.6) is 0 Å². The van der Waals surface area contributed by atoms with Crippen molar-refractivity contribution in [2.45, 2.75) is 31.5 Å².